The van der Waals surface area contributed by atoms with Gasteiger partial charge in [0.05, 0.1) is 13.7 Å². The highest BCUT2D eigenvalue weighted by molar-refractivity contribution is 5.89. The first-order chi connectivity index (χ1) is 13.2. The molecule has 0 amide bonds. The van der Waals surface area contributed by atoms with Gasteiger partial charge in [0.25, 0.3) is 0 Å². The first-order valence-electron chi connectivity index (χ1n) is 8.47. The van der Waals surface area contributed by atoms with Crippen molar-refractivity contribution >= 4 is 12.0 Å². The van der Waals surface area contributed by atoms with E-state index in [0.29, 0.717) is 29.6 Å². The van der Waals surface area contributed by atoms with Gasteiger partial charge in [-0.3, -0.25) is 0 Å². The van der Waals surface area contributed by atoms with Crippen molar-refractivity contribution in [2.45, 2.75) is 13.3 Å². The normalized spacial score (nSPS) is 10.3. The van der Waals surface area contributed by atoms with Crippen LogP contribution in [0.25, 0.3) is 6.08 Å². The Morgan fingerprint density at radius 3 is 2.52 bits per heavy atom. The zero-order valence-electron chi connectivity index (χ0n) is 15.3. The fourth-order valence-corrected chi connectivity index (χ4v) is 2.19. The fraction of sp³-hybridized carbons (Fsp3) is 0.238. The Morgan fingerprint density at radius 2 is 1.81 bits per heavy atom. The maximum Gasteiger partial charge on any atom is 0.336 e. The standard InChI is InChI=1S/C21H21NO5/c1-3-13-25-17-6-4-5-7-19(17)27-21(23)11-9-16-8-10-18(26-14-12-22)20(15-16)24-2/h4-11,15H,3,13-14H2,1-2H3/b11-9+. The van der Waals surface area contributed by atoms with Crippen LogP contribution >= 0.6 is 0 Å². The van der Waals surface area contributed by atoms with Crippen molar-refractivity contribution in [3.8, 4) is 29.1 Å². The molecule has 0 bridgehead atoms. The summed E-state index contributed by atoms with van der Waals surface area (Å²) in [6, 6.07) is 14.1. The number of carbonyl (C=O) groups is 1. The zero-order chi connectivity index (χ0) is 19.5. The van der Waals surface area contributed by atoms with Gasteiger partial charge in [0.1, 0.15) is 6.07 Å². The quantitative estimate of drug-likeness (QED) is 0.379. The Balaban J connectivity index is 2.06. The SMILES string of the molecule is CCCOc1ccccc1OC(=O)/C=C/c1ccc(OCC#N)c(OC)c1. The highest BCUT2D eigenvalue weighted by atomic mass is 16.6. The first-order valence-corrected chi connectivity index (χ1v) is 8.47. The summed E-state index contributed by atoms with van der Waals surface area (Å²) in [5.74, 6) is 1.31. The van der Waals surface area contributed by atoms with E-state index in [-0.39, 0.29) is 6.61 Å². The minimum absolute atomic E-state index is 0.0720. The van der Waals surface area contributed by atoms with Crippen molar-refractivity contribution in [1.29, 1.82) is 5.26 Å². The molecule has 0 spiro atoms. The van der Waals surface area contributed by atoms with E-state index in [2.05, 4.69) is 0 Å². The van der Waals surface area contributed by atoms with Gasteiger partial charge in [-0.1, -0.05) is 25.1 Å². The fourth-order valence-electron chi connectivity index (χ4n) is 2.19. The van der Waals surface area contributed by atoms with Gasteiger partial charge < -0.3 is 18.9 Å². The third kappa shape index (κ3) is 6.08. The van der Waals surface area contributed by atoms with E-state index in [1.807, 2.05) is 19.1 Å². The average molecular weight is 367 g/mol. The summed E-state index contributed by atoms with van der Waals surface area (Å²) < 4.78 is 21.4. The molecular formula is C21H21NO5. The number of benzene rings is 2. The van der Waals surface area contributed by atoms with Crippen molar-refractivity contribution in [2.24, 2.45) is 0 Å². The van der Waals surface area contributed by atoms with Gasteiger partial charge in [-0.05, 0) is 42.3 Å². The van der Waals surface area contributed by atoms with Gasteiger partial charge in [-0.15, -0.1) is 0 Å². The second-order valence-electron chi connectivity index (χ2n) is 5.41. The second-order valence-corrected chi connectivity index (χ2v) is 5.41. The molecule has 0 heterocycles. The van der Waals surface area contributed by atoms with Gasteiger partial charge in [0.2, 0.25) is 0 Å². The molecular weight excluding hydrogens is 346 g/mol. The number of methoxy groups -OCH3 is 1. The molecule has 2 aromatic rings. The number of ether oxygens (including phenoxy) is 4. The van der Waals surface area contributed by atoms with Gasteiger partial charge in [-0.25, -0.2) is 4.79 Å². The summed E-state index contributed by atoms with van der Waals surface area (Å²) in [5.41, 5.74) is 0.726. The second kappa shape index (κ2) is 10.5. The van der Waals surface area contributed by atoms with Crippen molar-refractivity contribution in [3.63, 3.8) is 0 Å². The van der Waals surface area contributed by atoms with Crippen LogP contribution in [0.3, 0.4) is 0 Å². The van der Waals surface area contributed by atoms with Crippen molar-refractivity contribution in [3.05, 3.63) is 54.1 Å². The van der Waals surface area contributed by atoms with E-state index in [4.69, 9.17) is 24.2 Å². The zero-order valence-corrected chi connectivity index (χ0v) is 15.3. The minimum atomic E-state index is -0.522. The smallest absolute Gasteiger partial charge is 0.336 e. The van der Waals surface area contributed by atoms with Crippen LogP contribution in [-0.2, 0) is 4.79 Å². The Labute approximate surface area is 158 Å². The molecule has 27 heavy (non-hydrogen) atoms. The maximum atomic E-state index is 12.1. The van der Waals surface area contributed by atoms with E-state index in [1.165, 1.54) is 13.2 Å². The van der Waals surface area contributed by atoms with Crippen molar-refractivity contribution in [2.75, 3.05) is 20.3 Å². The van der Waals surface area contributed by atoms with Crippen LogP contribution in [0.2, 0.25) is 0 Å². The highest BCUT2D eigenvalue weighted by Gasteiger charge is 2.08. The minimum Gasteiger partial charge on any atom is -0.493 e. The Morgan fingerprint density at radius 1 is 1.07 bits per heavy atom. The summed E-state index contributed by atoms with van der Waals surface area (Å²) in [6.45, 7) is 2.48. The molecule has 0 fully saturated rings. The third-order valence-corrected chi connectivity index (χ3v) is 3.41. The predicted molar refractivity (Wildman–Crippen MR) is 101 cm³/mol. The van der Waals surface area contributed by atoms with Crippen LogP contribution in [0.15, 0.2) is 48.5 Å². The van der Waals surface area contributed by atoms with Gasteiger partial charge in [0.15, 0.2) is 29.6 Å². The van der Waals surface area contributed by atoms with Crippen LogP contribution in [0, 0.1) is 11.3 Å². The molecule has 2 aromatic carbocycles. The predicted octanol–water partition coefficient (Wildman–Crippen LogP) is 4.01. The van der Waals surface area contributed by atoms with E-state index in [1.54, 1.807) is 42.5 Å². The van der Waals surface area contributed by atoms with Gasteiger partial charge >= 0.3 is 5.97 Å². The summed E-state index contributed by atoms with van der Waals surface area (Å²) >= 11 is 0. The molecule has 0 saturated heterocycles. The lowest BCUT2D eigenvalue weighted by Gasteiger charge is -2.10. The molecule has 0 aliphatic rings. The Hall–Kier alpha value is -3.46. The van der Waals surface area contributed by atoms with Crippen molar-refractivity contribution in [1.82, 2.24) is 0 Å². The lowest BCUT2D eigenvalue weighted by atomic mass is 10.2. The number of hydrogen-bond acceptors (Lipinski definition) is 6. The molecule has 0 atom stereocenters. The molecule has 0 saturated carbocycles. The number of hydrogen-bond donors (Lipinski definition) is 0. The van der Waals surface area contributed by atoms with E-state index >= 15 is 0 Å². The maximum absolute atomic E-state index is 12.1. The molecule has 6 heteroatoms. The number of nitrogens with zero attached hydrogens (tertiary/aromatic N) is 1. The molecule has 2 rings (SSSR count). The molecule has 0 unspecified atom stereocenters. The molecule has 0 aliphatic carbocycles. The van der Waals surface area contributed by atoms with E-state index < -0.39 is 5.97 Å². The Kier molecular flexibility index (Phi) is 7.73. The molecule has 0 aliphatic heterocycles. The number of nitriles is 1. The monoisotopic (exact) mass is 367 g/mol. The van der Waals surface area contributed by atoms with Crippen molar-refractivity contribution < 1.29 is 23.7 Å². The van der Waals surface area contributed by atoms with Crippen LogP contribution in [0.1, 0.15) is 18.9 Å². The van der Waals surface area contributed by atoms with Crippen LogP contribution in [0.5, 0.6) is 23.0 Å². The molecule has 6 nitrogen and oxygen atoms in total. The topological polar surface area (TPSA) is 77.8 Å². The van der Waals surface area contributed by atoms with Gasteiger partial charge in [0, 0.05) is 6.08 Å². The summed E-state index contributed by atoms with van der Waals surface area (Å²) in [6.07, 6.45) is 3.79. The van der Waals surface area contributed by atoms with Crippen LogP contribution < -0.4 is 18.9 Å². The summed E-state index contributed by atoms with van der Waals surface area (Å²) in [7, 11) is 1.50. The van der Waals surface area contributed by atoms with E-state index in [9.17, 15) is 4.79 Å². The van der Waals surface area contributed by atoms with Crippen LogP contribution in [0.4, 0.5) is 0 Å². The summed E-state index contributed by atoms with van der Waals surface area (Å²) in [5, 5.41) is 8.59. The molecule has 0 N–H and O–H groups in total. The lowest BCUT2D eigenvalue weighted by Crippen LogP contribution is -2.06. The molecule has 0 aromatic heterocycles. The Bertz CT molecular complexity index is 839. The van der Waals surface area contributed by atoms with Gasteiger partial charge in [-0.2, -0.15) is 5.26 Å². The van der Waals surface area contributed by atoms with Crippen LogP contribution in [-0.4, -0.2) is 26.3 Å². The lowest BCUT2D eigenvalue weighted by molar-refractivity contribution is -0.129. The summed E-state index contributed by atoms with van der Waals surface area (Å²) in [4.78, 5) is 12.1. The largest absolute Gasteiger partial charge is 0.493 e. The number of carbonyl (C=O) groups excluding carboxylic acids is 1. The average Bonchev–Trinajstić information content (AvgIpc) is 2.70. The first kappa shape index (κ1) is 19.9. The highest BCUT2D eigenvalue weighted by Crippen LogP contribution is 2.29. The third-order valence-electron chi connectivity index (χ3n) is 3.41. The number of rotatable bonds is 9. The van der Waals surface area contributed by atoms with E-state index in [0.717, 1.165) is 12.0 Å². The molecule has 140 valence electrons. The number of esters is 1. The molecule has 0 radical (unpaired) electrons. The number of para-hydroxylation sites is 2.